The molecule has 3 N–H and O–H groups in total. The Hall–Kier alpha value is -0.0800. The van der Waals surface area contributed by atoms with Gasteiger partial charge in [0.2, 0.25) is 0 Å². The molecule has 0 saturated heterocycles. The van der Waals surface area contributed by atoms with Crippen LogP contribution in [0, 0.1) is 0 Å². The molecule has 0 fully saturated rings. The predicted octanol–water partition coefficient (Wildman–Crippen LogP) is 0.495. The maximum absolute atomic E-state index is 8.75. The minimum atomic E-state index is -0.194. The first-order chi connectivity index (χ1) is 3.63. The van der Waals surface area contributed by atoms with Crippen molar-refractivity contribution in [2.24, 2.45) is 5.73 Å². The molecular weight excluding hydrogens is 102 g/mol. The van der Waals surface area contributed by atoms with Crippen LogP contribution in [0.25, 0.3) is 0 Å². The Morgan fingerprint density at radius 3 is 2.00 bits per heavy atom. The van der Waals surface area contributed by atoms with Crippen LogP contribution in [0.2, 0.25) is 0 Å². The standard InChI is InChI=1S/C6H15NO/c1-5(7)3-4-6(2)8/h5-6,8H,3-4,7H2,1-2H3/t5-,6?/m1/s1. The molecule has 0 spiro atoms. The summed E-state index contributed by atoms with van der Waals surface area (Å²) in [5, 5.41) is 8.75. The quantitative estimate of drug-likeness (QED) is 0.565. The Bertz CT molecular complexity index is 44.5. The summed E-state index contributed by atoms with van der Waals surface area (Å²) in [6.07, 6.45) is 1.54. The molecule has 0 heterocycles. The van der Waals surface area contributed by atoms with Crippen molar-refractivity contribution in [2.75, 3.05) is 0 Å². The first-order valence-electron chi connectivity index (χ1n) is 3.06. The van der Waals surface area contributed by atoms with E-state index in [1.165, 1.54) is 0 Å². The van der Waals surface area contributed by atoms with E-state index in [-0.39, 0.29) is 12.1 Å². The number of nitrogens with two attached hydrogens (primary N) is 1. The molecule has 2 heteroatoms. The maximum Gasteiger partial charge on any atom is 0.0512 e. The van der Waals surface area contributed by atoms with Crippen molar-refractivity contribution in [2.45, 2.75) is 38.8 Å². The van der Waals surface area contributed by atoms with Crippen LogP contribution in [0.3, 0.4) is 0 Å². The summed E-state index contributed by atoms with van der Waals surface area (Å²) in [6.45, 7) is 3.73. The summed E-state index contributed by atoms with van der Waals surface area (Å²) in [7, 11) is 0. The molecule has 0 rings (SSSR count). The fourth-order valence-corrected chi connectivity index (χ4v) is 0.504. The summed E-state index contributed by atoms with van der Waals surface area (Å²) < 4.78 is 0. The van der Waals surface area contributed by atoms with Crippen LogP contribution in [0.15, 0.2) is 0 Å². The predicted molar refractivity (Wildman–Crippen MR) is 34.6 cm³/mol. The van der Waals surface area contributed by atoms with E-state index in [9.17, 15) is 0 Å². The minimum Gasteiger partial charge on any atom is -0.393 e. The van der Waals surface area contributed by atoms with E-state index in [0.717, 1.165) is 12.8 Å². The monoisotopic (exact) mass is 117 g/mol. The Kier molecular flexibility index (Phi) is 3.83. The summed E-state index contributed by atoms with van der Waals surface area (Å²) in [5.74, 6) is 0. The topological polar surface area (TPSA) is 46.2 Å². The average Bonchev–Trinajstić information content (AvgIpc) is 1.61. The van der Waals surface area contributed by atoms with Crippen LogP contribution >= 0.6 is 0 Å². The molecule has 8 heavy (non-hydrogen) atoms. The normalized spacial score (nSPS) is 18.0. The number of hydrogen-bond donors (Lipinski definition) is 2. The minimum absolute atomic E-state index is 0.194. The van der Waals surface area contributed by atoms with Gasteiger partial charge in [0.1, 0.15) is 0 Å². The molecule has 0 aromatic heterocycles. The van der Waals surface area contributed by atoms with Crippen molar-refractivity contribution in [1.82, 2.24) is 0 Å². The van der Waals surface area contributed by atoms with Gasteiger partial charge in [-0.25, -0.2) is 0 Å². The summed E-state index contributed by atoms with van der Waals surface area (Å²) >= 11 is 0. The highest BCUT2D eigenvalue weighted by molar-refractivity contribution is 4.55. The Labute approximate surface area is 50.7 Å². The van der Waals surface area contributed by atoms with Gasteiger partial charge in [0.05, 0.1) is 6.10 Å². The first-order valence-corrected chi connectivity index (χ1v) is 3.06. The average molecular weight is 117 g/mol. The van der Waals surface area contributed by atoms with Crippen LogP contribution < -0.4 is 5.73 Å². The lowest BCUT2D eigenvalue weighted by Gasteiger charge is -2.05. The molecule has 0 amide bonds. The van der Waals surface area contributed by atoms with Crippen molar-refractivity contribution in [1.29, 1.82) is 0 Å². The molecule has 2 nitrogen and oxygen atoms in total. The van der Waals surface area contributed by atoms with Crippen molar-refractivity contribution < 1.29 is 5.11 Å². The molecule has 2 atom stereocenters. The molecule has 0 aliphatic rings. The largest absolute Gasteiger partial charge is 0.393 e. The van der Waals surface area contributed by atoms with Gasteiger partial charge >= 0.3 is 0 Å². The molecule has 0 aliphatic heterocycles. The highest BCUT2D eigenvalue weighted by Gasteiger charge is 1.97. The second kappa shape index (κ2) is 3.87. The summed E-state index contributed by atoms with van der Waals surface area (Å²) in [6, 6.07) is 0.226. The molecule has 1 unspecified atom stereocenters. The zero-order chi connectivity index (χ0) is 6.57. The van der Waals surface area contributed by atoms with Gasteiger partial charge in [-0.1, -0.05) is 0 Å². The summed E-state index contributed by atoms with van der Waals surface area (Å²) in [5.41, 5.74) is 5.43. The van der Waals surface area contributed by atoms with Gasteiger partial charge in [0.25, 0.3) is 0 Å². The maximum atomic E-state index is 8.75. The smallest absolute Gasteiger partial charge is 0.0512 e. The third kappa shape index (κ3) is 5.92. The van der Waals surface area contributed by atoms with E-state index < -0.39 is 0 Å². The molecule has 50 valence electrons. The van der Waals surface area contributed by atoms with Crippen molar-refractivity contribution >= 4 is 0 Å². The lowest BCUT2D eigenvalue weighted by atomic mass is 10.1. The van der Waals surface area contributed by atoms with E-state index in [1.54, 1.807) is 6.92 Å². The Balaban J connectivity index is 2.93. The second-order valence-electron chi connectivity index (χ2n) is 2.40. The number of rotatable bonds is 3. The van der Waals surface area contributed by atoms with Crippen LogP contribution in [-0.4, -0.2) is 17.3 Å². The molecule has 0 saturated carbocycles. The Morgan fingerprint density at radius 2 is 1.88 bits per heavy atom. The fourth-order valence-electron chi connectivity index (χ4n) is 0.504. The van der Waals surface area contributed by atoms with Crippen molar-refractivity contribution in [3.8, 4) is 0 Å². The van der Waals surface area contributed by atoms with Gasteiger partial charge in [0, 0.05) is 6.04 Å². The van der Waals surface area contributed by atoms with E-state index in [4.69, 9.17) is 10.8 Å². The third-order valence-corrected chi connectivity index (χ3v) is 1.04. The number of aliphatic hydroxyl groups is 1. The van der Waals surface area contributed by atoms with E-state index in [0.29, 0.717) is 0 Å². The number of hydrogen-bond acceptors (Lipinski definition) is 2. The van der Waals surface area contributed by atoms with Gasteiger partial charge in [-0.15, -0.1) is 0 Å². The van der Waals surface area contributed by atoms with Gasteiger partial charge in [-0.3, -0.25) is 0 Å². The molecule has 0 bridgehead atoms. The van der Waals surface area contributed by atoms with Crippen LogP contribution in [-0.2, 0) is 0 Å². The highest BCUT2D eigenvalue weighted by atomic mass is 16.3. The van der Waals surface area contributed by atoms with Gasteiger partial charge in [-0.2, -0.15) is 0 Å². The van der Waals surface area contributed by atoms with Crippen LogP contribution in [0.4, 0.5) is 0 Å². The van der Waals surface area contributed by atoms with Gasteiger partial charge in [-0.05, 0) is 26.7 Å². The molecule has 0 radical (unpaired) electrons. The molecule has 0 aromatic carbocycles. The lowest BCUT2D eigenvalue weighted by Crippen LogP contribution is -2.16. The third-order valence-electron chi connectivity index (χ3n) is 1.04. The molecule has 0 aromatic rings. The van der Waals surface area contributed by atoms with Gasteiger partial charge in [0.15, 0.2) is 0 Å². The van der Waals surface area contributed by atoms with Crippen molar-refractivity contribution in [3.63, 3.8) is 0 Å². The van der Waals surface area contributed by atoms with E-state index >= 15 is 0 Å². The zero-order valence-corrected chi connectivity index (χ0v) is 5.59. The van der Waals surface area contributed by atoms with Crippen LogP contribution in [0.5, 0.6) is 0 Å². The molecule has 0 aliphatic carbocycles. The lowest BCUT2D eigenvalue weighted by molar-refractivity contribution is 0.179. The van der Waals surface area contributed by atoms with Crippen molar-refractivity contribution in [3.05, 3.63) is 0 Å². The number of aliphatic hydroxyl groups excluding tert-OH is 1. The highest BCUT2D eigenvalue weighted by Crippen LogP contribution is 1.97. The first kappa shape index (κ1) is 7.92. The van der Waals surface area contributed by atoms with Crippen LogP contribution in [0.1, 0.15) is 26.7 Å². The SMILES string of the molecule is CC(O)CC[C@@H](C)N. The summed E-state index contributed by atoms with van der Waals surface area (Å²) in [4.78, 5) is 0. The van der Waals surface area contributed by atoms with E-state index in [2.05, 4.69) is 0 Å². The van der Waals surface area contributed by atoms with E-state index in [1.807, 2.05) is 6.92 Å². The fraction of sp³-hybridized carbons (Fsp3) is 1.00. The van der Waals surface area contributed by atoms with Gasteiger partial charge < -0.3 is 10.8 Å². The molecular formula is C6H15NO. The zero-order valence-electron chi connectivity index (χ0n) is 5.59. The second-order valence-corrected chi connectivity index (χ2v) is 2.40. The Morgan fingerprint density at radius 1 is 1.38 bits per heavy atom.